The highest BCUT2D eigenvalue weighted by Crippen LogP contribution is 2.34. The van der Waals surface area contributed by atoms with Crippen LogP contribution >= 0.6 is 11.8 Å². The second-order valence-corrected chi connectivity index (χ2v) is 6.18. The molecular formula is C12H22N2O4S. The van der Waals surface area contributed by atoms with Crippen molar-refractivity contribution in [3.8, 4) is 0 Å². The van der Waals surface area contributed by atoms with E-state index in [1.54, 1.807) is 7.11 Å². The number of amides is 2. The Hall–Kier alpha value is -0.950. The minimum absolute atomic E-state index is 0.101. The van der Waals surface area contributed by atoms with E-state index in [-0.39, 0.29) is 23.4 Å². The number of carbonyl (C=O) groups is 2. The lowest BCUT2D eigenvalue weighted by molar-refractivity contribution is -0.141. The zero-order valence-electron chi connectivity index (χ0n) is 11.8. The number of hydrogen-bond donors (Lipinski definition) is 2. The van der Waals surface area contributed by atoms with E-state index in [1.165, 1.54) is 16.7 Å². The summed E-state index contributed by atoms with van der Waals surface area (Å²) in [6, 6.07) is -1.24. The average Bonchev–Trinajstić information content (AvgIpc) is 2.73. The largest absolute Gasteiger partial charge is 0.480 e. The van der Waals surface area contributed by atoms with Crippen molar-refractivity contribution in [2.75, 3.05) is 19.5 Å². The lowest BCUT2D eigenvalue weighted by atomic mass is 10.1. The van der Waals surface area contributed by atoms with Gasteiger partial charge in [0.05, 0.1) is 18.0 Å². The Labute approximate surface area is 117 Å². The molecule has 3 atom stereocenters. The number of rotatable bonds is 5. The summed E-state index contributed by atoms with van der Waals surface area (Å²) in [5.74, 6) is -0.312. The third kappa shape index (κ3) is 4.01. The van der Waals surface area contributed by atoms with E-state index in [0.29, 0.717) is 12.4 Å². The Balaban J connectivity index is 2.77. The molecule has 0 bridgehead atoms. The van der Waals surface area contributed by atoms with Crippen LogP contribution < -0.4 is 5.32 Å². The molecule has 0 aromatic carbocycles. The maximum Gasteiger partial charge on any atom is 0.327 e. The van der Waals surface area contributed by atoms with Gasteiger partial charge in [0.25, 0.3) is 0 Å². The predicted octanol–water partition coefficient (Wildman–Crippen LogP) is 1.21. The van der Waals surface area contributed by atoms with E-state index >= 15 is 0 Å². The van der Waals surface area contributed by atoms with Gasteiger partial charge in [0.15, 0.2) is 0 Å². The van der Waals surface area contributed by atoms with Crippen LogP contribution in [0.5, 0.6) is 0 Å². The number of carboxylic acids is 1. The number of carboxylic acid groups (broad SMARTS) is 1. The number of nitrogens with one attached hydrogen (secondary N) is 1. The minimum Gasteiger partial charge on any atom is -0.480 e. The van der Waals surface area contributed by atoms with Crippen LogP contribution in [0.1, 0.15) is 20.8 Å². The highest BCUT2D eigenvalue weighted by atomic mass is 32.2. The first-order valence-electron chi connectivity index (χ1n) is 6.30. The topological polar surface area (TPSA) is 78.9 Å². The molecule has 110 valence electrons. The molecule has 3 unspecified atom stereocenters. The number of ether oxygens (including phenoxy) is 1. The summed E-state index contributed by atoms with van der Waals surface area (Å²) in [6.45, 7) is 6.20. The highest BCUT2D eigenvalue weighted by molar-refractivity contribution is 8.00. The van der Waals surface area contributed by atoms with E-state index < -0.39 is 12.0 Å². The summed E-state index contributed by atoms with van der Waals surface area (Å²) in [5.41, 5.74) is 0. The van der Waals surface area contributed by atoms with Crippen molar-refractivity contribution in [2.24, 2.45) is 5.92 Å². The highest BCUT2D eigenvalue weighted by Gasteiger charge is 2.43. The van der Waals surface area contributed by atoms with Crippen LogP contribution in [0, 0.1) is 5.92 Å². The number of nitrogens with zero attached hydrogens (tertiary/aromatic N) is 1. The summed E-state index contributed by atoms with van der Waals surface area (Å²) in [6.07, 6.45) is 0. The maximum atomic E-state index is 12.2. The van der Waals surface area contributed by atoms with Crippen molar-refractivity contribution >= 4 is 23.8 Å². The Bertz CT molecular complexity index is 338. The van der Waals surface area contributed by atoms with Gasteiger partial charge in [-0.25, -0.2) is 9.59 Å². The van der Waals surface area contributed by atoms with Crippen molar-refractivity contribution in [3.63, 3.8) is 0 Å². The molecular weight excluding hydrogens is 268 g/mol. The normalized spacial score (nSPS) is 24.6. The van der Waals surface area contributed by atoms with Gasteiger partial charge in [0, 0.05) is 12.9 Å². The van der Waals surface area contributed by atoms with Crippen molar-refractivity contribution in [1.29, 1.82) is 0 Å². The molecule has 0 aliphatic carbocycles. The van der Waals surface area contributed by atoms with Gasteiger partial charge in [-0.2, -0.15) is 0 Å². The van der Waals surface area contributed by atoms with Crippen LogP contribution in [0.15, 0.2) is 0 Å². The molecule has 7 heteroatoms. The van der Waals surface area contributed by atoms with E-state index in [9.17, 15) is 14.7 Å². The number of methoxy groups -OCH3 is 1. The summed E-state index contributed by atoms with van der Waals surface area (Å²) < 4.78 is 4.96. The van der Waals surface area contributed by atoms with E-state index in [0.717, 1.165) is 0 Å². The molecule has 0 aromatic rings. The predicted molar refractivity (Wildman–Crippen MR) is 74.2 cm³/mol. The van der Waals surface area contributed by atoms with Gasteiger partial charge in [0.2, 0.25) is 0 Å². The maximum absolute atomic E-state index is 12.2. The fourth-order valence-corrected chi connectivity index (χ4v) is 3.54. The Morgan fingerprint density at radius 1 is 1.47 bits per heavy atom. The van der Waals surface area contributed by atoms with Gasteiger partial charge in [-0.1, -0.05) is 13.8 Å². The molecule has 0 aromatic heterocycles. The summed E-state index contributed by atoms with van der Waals surface area (Å²) in [5, 5.41) is 11.9. The zero-order valence-corrected chi connectivity index (χ0v) is 12.6. The van der Waals surface area contributed by atoms with Crippen LogP contribution in [0.4, 0.5) is 4.79 Å². The number of urea groups is 1. The molecule has 1 aliphatic rings. The third-order valence-corrected chi connectivity index (χ3v) is 4.53. The average molecular weight is 290 g/mol. The van der Waals surface area contributed by atoms with E-state index in [1.807, 2.05) is 20.8 Å². The van der Waals surface area contributed by atoms with Crippen LogP contribution in [0.25, 0.3) is 0 Å². The molecule has 1 aliphatic heterocycles. The Morgan fingerprint density at radius 3 is 2.58 bits per heavy atom. The monoisotopic (exact) mass is 290 g/mol. The fraction of sp³-hybridized carbons (Fsp3) is 0.833. The summed E-state index contributed by atoms with van der Waals surface area (Å²) >= 11 is 1.52. The molecule has 1 fully saturated rings. The van der Waals surface area contributed by atoms with Crippen LogP contribution in [-0.2, 0) is 9.53 Å². The summed E-state index contributed by atoms with van der Waals surface area (Å²) in [4.78, 5) is 24.9. The van der Waals surface area contributed by atoms with Gasteiger partial charge in [0.1, 0.15) is 6.04 Å². The number of thioether (sulfide) groups is 1. The number of carbonyl (C=O) groups excluding carboxylic acids is 1. The lowest BCUT2D eigenvalue weighted by Crippen LogP contribution is -2.53. The molecule has 1 saturated heterocycles. The van der Waals surface area contributed by atoms with Crippen LogP contribution in [0.3, 0.4) is 0 Å². The first kappa shape index (κ1) is 16.1. The smallest absolute Gasteiger partial charge is 0.327 e. The molecule has 1 heterocycles. The van der Waals surface area contributed by atoms with Crippen LogP contribution in [0.2, 0.25) is 0 Å². The van der Waals surface area contributed by atoms with E-state index in [4.69, 9.17) is 4.74 Å². The zero-order chi connectivity index (χ0) is 14.6. The molecule has 0 saturated carbocycles. The standard InChI is InChI=1S/C12H22N2O4S/c1-7(2)10-14(9(6-19-10)11(15)16)12(17)13-8(3)5-18-4/h7-10H,5-6H2,1-4H3,(H,13,17)(H,15,16). The van der Waals surface area contributed by atoms with Crippen molar-refractivity contribution < 1.29 is 19.4 Å². The van der Waals surface area contributed by atoms with E-state index in [2.05, 4.69) is 5.32 Å². The summed E-state index contributed by atoms with van der Waals surface area (Å²) in [7, 11) is 1.56. The lowest BCUT2D eigenvalue weighted by Gasteiger charge is -2.30. The van der Waals surface area contributed by atoms with Gasteiger partial charge in [-0.15, -0.1) is 11.8 Å². The number of aliphatic carboxylic acids is 1. The molecule has 1 rings (SSSR count). The second-order valence-electron chi connectivity index (χ2n) is 5.04. The van der Waals surface area contributed by atoms with Gasteiger partial charge < -0.3 is 15.2 Å². The Kier molecular flexibility index (Phi) is 5.93. The molecule has 2 amide bonds. The first-order chi connectivity index (χ1) is 8.88. The quantitative estimate of drug-likeness (QED) is 0.796. The van der Waals surface area contributed by atoms with Gasteiger partial charge in [-0.05, 0) is 12.8 Å². The molecule has 0 spiro atoms. The molecule has 6 nitrogen and oxygen atoms in total. The minimum atomic E-state index is -0.954. The number of hydrogen-bond acceptors (Lipinski definition) is 4. The second kappa shape index (κ2) is 7.00. The first-order valence-corrected chi connectivity index (χ1v) is 7.35. The van der Waals surface area contributed by atoms with Crippen molar-refractivity contribution in [3.05, 3.63) is 0 Å². The van der Waals surface area contributed by atoms with Crippen molar-refractivity contribution in [1.82, 2.24) is 10.2 Å². The molecule has 2 N–H and O–H groups in total. The Morgan fingerprint density at radius 2 is 2.11 bits per heavy atom. The van der Waals surface area contributed by atoms with Gasteiger partial charge >= 0.3 is 12.0 Å². The molecule has 0 radical (unpaired) electrons. The third-order valence-electron chi connectivity index (χ3n) is 2.91. The van der Waals surface area contributed by atoms with Gasteiger partial charge in [-0.3, -0.25) is 4.90 Å². The molecule has 19 heavy (non-hydrogen) atoms. The van der Waals surface area contributed by atoms with Crippen molar-refractivity contribution in [2.45, 2.75) is 38.2 Å². The SMILES string of the molecule is COCC(C)NC(=O)N1C(C(=O)O)CSC1C(C)C. The fourth-order valence-electron chi connectivity index (χ4n) is 2.07. The van der Waals surface area contributed by atoms with Crippen LogP contribution in [-0.4, -0.2) is 58.9 Å².